The smallest absolute Gasteiger partial charge is 0 e. The van der Waals surface area contributed by atoms with Gasteiger partial charge in [0, 0.05) is 0 Å². The summed E-state index contributed by atoms with van der Waals surface area (Å²) >= 11 is 0.912. The van der Waals surface area contributed by atoms with E-state index in [1.807, 2.05) is 18.2 Å². The second kappa shape index (κ2) is 5.23. The summed E-state index contributed by atoms with van der Waals surface area (Å²) in [6, 6.07) is 9.01. The van der Waals surface area contributed by atoms with Gasteiger partial charge in [-0.2, -0.15) is 0 Å². The molecule has 0 amide bonds. The Morgan fingerprint density at radius 1 is 1.26 bits per heavy atom. The molecule has 3 rings (SSSR count). The average molecular weight is 626 g/mol. The fourth-order valence-electron chi connectivity index (χ4n) is 1.66. The number of para-hydroxylation sites is 1. The van der Waals surface area contributed by atoms with Crippen LogP contribution in [-0.4, -0.2) is 21.0 Å². The van der Waals surface area contributed by atoms with E-state index in [-0.39, 0.29) is 5.75 Å². The molecule has 2 heterocycles. The molecular weight excluding hydrogens is 620 g/mol. The van der Waals surface area contributed by atoms with Crippen molar-refractivity contribution in [1.29, 1.82) is 0 Å². The van der Waals surface area contributed by atoms with Gasteiger partial charge in [0.1, 0.15) is 0 Å². The molecule has 0 saturated carbocycles. The van der Waals surface area contributed by atoms with Gasteiger partial charge in [0.25, 0.3) is 0 Å². The third-order valence-corrected chi connectivity index (χ3v) is 5.16. The standard InChI is InChI=1S/C12H6BIN2OS.Lr/c13-14-9-6-18-12-8(9)5-10(15-16-12)7-3-1-2-4-11(7)17;/h1-5,17H;/q-2;. The van der Waals surface area contributed by atoms with Crippen molar-refractivity contribution in [3.05, 3.63) is 39.3 Å². The number of nitrogens with zero attached hydrogens (tertiary/aromatic N) is 2. The molecule has 19 heavy (non-hydrogen) atoms. The molecule has 0 unspecified atom stereocenters. The van der Waals surface area contributed by atoms with E-state index in [0.29, 0.717) is 11.3 Å². The number of aromatic nitrogens is 2. The number of phenols is 1. The molecule has 0 atom stereocenters. The number of aromatic hydroxyl groups is 1. The SMILES string of the molecule is [B][I-]c1[c-]sc2nnc(-c3ccccc3O)cc12.[Lr]. The monoisotopic (exact) mass is 626 g/mol. The van der Waals surface area contributed by atoms with Gasteiger partial charge in [-0.05, 0) is 0 Å². The molecule has 1 aromatic carbocycles. The summed E-state index contributed by atoms with van der Waals surface area (Å²) in [4.78, 5) is 0.842. The van der Waals surface area contributed by atoms with Gasteiger partial charge in [-0.1, -0.05) is 0 Å². The largest absolute Gasteiger partial charge is 0 e. The van der Waals surface area contributed by atoms with Crippen molar-refractivity contribution >= 4 is 27.3 Å². The van der Waals surface area contributed by atoms with Gasteiger partial charge in [-0.3, -0.25) is 0 Å². The van der Waals surface area contributed by atoms with Crippen LogP contribution < -0.4 is 21.0 Å². The molecule has 0 aliphatic carbocycles. The first-order valence-electron chi connectivity index (χ1n) is 5.09. The Hall–Kier alpha value is -2.15. The number of hydrogen-bond acceptors (Lipinski definition) is 4. The van der Waals surface area contributed by atoms with E-state index in [4.69, 9.17) is 5.70 Å². The van der Waals surface area contributed by atoms with Crippen LogP contribution in [0.3, 0.4) is 0 Å². The van der Waals surface area contributed by atoms with E-state index in [1.165, 1.54) is 11.3 Å². The van der Waals surface area contributed by atoms with Crippen molar-refractivity contribution in [1.82, 2.24) is 10.2 Å². The fraction of sp³-hybridized carbons (Fsp3) is 0. The Kier molecular flexibility index (Phi) is 3.66. The maximum Gasteiger partial charge on any atom is 0 e. The second-order valence-electron chi connectivity index (χ2n) is 3.59. The van der Waals surface area contributed by atoms with Crippen molar-refractivity contribution < 1.29 is 26.1 Å². The van der Waals surface area contributed by atoms with Crippen LogP contribution in [0, 0.1) is 8.95 Å². The second-order valence-corrected chi connectivity index (χ2v) is 6.09. The van der Waals surface area contributed by atoms with E-state index in [1.54, 1.807) is 12.1 Å². The summed E-state index contributed by atoms with van der Waals surface area (Å²) in [5.41, 5.74) is 7.11. The number of fused-ring (bicyclic) bond motifs is 1. The molecule has 3 nitrogen and oxygen atoms in total. The average Bonchev–Trinajstić information content (AvgIpc) is 2.81. The molecule has 3 radical (unpaired) electrons. The van der Waals surface area contributed by atoms with Crippen LogP contribution >= 0.6 is 11.3 Å². The van der Waals surface area contributed by atoms with Crippen LogP contribution in [-0.2, 0) is 0 Å². The van der Waals surface area contributed by atoms with Gasteiger partial charge in [0.15, 0.2) is 0 Å². The quantitative estimate of drug-likeness (QED) is 0.231. The number of thiophene rings is 1. The van der Waals surface area contributed by atoms with E-state index in [2.05, 4.69) is 15.6 Å². The molecule has 103 valence electrons. The van der Waals surface area contributed by atoms with Crippen molar-refractivity contribution in [2.75, 3.05) is 0 Å². The Bertz CT molecular complexity index is 722. The first-order valence-corrected chi connectivity index (χ1v) is 8.23. The molecule has 0 aliphatic rings. The van der Waals surface area contributed by atoms with Crippen LogP contribution in [0.4, 0.5) is 0 Å². The van der Waals surface area contributed by atoms with E-state index in [0.717, 1.165) is 13.8 Å². The van der Waals surface area contributed by atoms with Crippen LogP contribution in [0.1, 0.15) is 0 Å². The molecule has 2 aromatic heterocycles. The van der Waals surface area contributed by atoms with Gasteiger partial charge >= 0.3 is 120 Å². The van der Waals surface area contributed by atoms with Crippen molar-refractivity contribution in [2.24, 2.45) is 0 Å². The molecule has 7 heteroatoms. The number of benzene rings is 1. The van der Waals surface area contributed by atoms with Gasteiger partial charge in [-0.25, -0.2) is 0 Å². The zero-order valence-corrected chi connectivity index (χ0v) is 14.5. The minimum absolute atomic E-state index is 0. The molecular formula is C12H6BILrN2OS-2. The first-order chi connectivity index (χ1) is 8.79. The summed E-state index contributed by atoms with van der Waals surface area (Å²) in [5.74, 6) is 0.203. The third-order valence-electron chi connectivity index (χ3n) is 2.52. The zero-order chi connectivity index (χ0) is 12.5. The first kappa shape index (κ1) is 13.3. The summed E-state index contributed by atoms with van der Waals surface area (Å²) in [5, 5.41) is 22.3. The van der Waals surface area contributed by atoms with Crippen LogP contribution in [0.25, 0.3) is 21.5 Å². The Labute approximate surface area is 119 Å². The zero-order valence-electron chi connectivity index (χ0n) is 9.35. The maximum absolute atomic E-state index is 9.82. The van der Waals surface area contributed by atoms with Gasteiger partial charge in [0.2, 0.25) is 0 Å². The topological polar surface area (TPSA) is 46.0 Å². The summed E-state index contributed by atoms with van der Waals surface area (Å²) in [7, 11) is 0. The molecule has 0 bridgehead atoms. The van der Waals surface area contributed by atoms with Gasteiger partial charge < -0.3 is 0 Å². The summed E-state index contributed by atoms with van der Waals surface area (Å²) in [6.07, 6.45) is 0. The van der Waals surface area contributed by atoms with Crippen molar-refractivity contribution in [3.63, 3.8) is 0 Å². The summed E-state index contributed by atoms with van der Waals surface area (Å²) in [6.45, 7) is 0. The predicted octanol–water partition coefficient (Wildman–Crippen LogP) is -0.794. The molecule has 0 aliphatic heterocycles. The summed E-state index contributed by atoms with van der Waals surface area (Å²) < 4.78 is 1.04. The Balaban J connectivity index is 0.00000133. The Morgan fingerprint density at radius 3 is 2.79 bits per heavy atom. The third kappa shape index (κ3) is 2.24. The molecule has 0 saturated heterocycles. The van der Waals surface area contributed by atoms with Gasteiger partial charge in [-0.15, -0.1) is 0 Å². The molecule has 0 fully saturated rings. The minimum Gasteiger partial charge on any atom is 0 e. The number of halogens is 1. The van der Waals surface area contributed by atoms with E-state index in [9.17, 15) is 5.11 Å². The van der Waals surface area contributed by atoms with Crippen molar-refractivity contribution in [2.45, 2.75) is 0 Å². The van der Waals surface area contributed by atoms with E-state index < -0.39 is 21.0 Å². The minimum atomic E-state index is -0.521. The van der Waals surface area contributed by atoms with Crippen LogP contribution in [0.5, 0.6) is 5.75 Å². The molecule has 1 N–H and O–H groups in total. The predicted molar refractivity (Wildman–Crippen MR) is 67.8 cm³/mol. The maximum atomic E-state index is 9.82. The number of rotatable bonds is 2. The normalized spacial score (nSPS) is 10.5. The Morgan fingerprint density at radius 2 is 2.05 bits per heavy atom. The van der Waals surface area contributed by atoms with Crippen LogP contribution in [0.2, 0.25) is 0 Å². The number of phenolic OH excluding ortho intramolecular Hbond substituents is 1. The van der Waals surface area contributed by atoms with Gasteiger partial charge in [0.05, 0.1) is 0 Å². The van der Waals surface area contributed by atoms with Crippen LogP contribution in [0.15, 0.2) is 30.3 Å². The number of hydrogen-bond donors (Lipinski definition) is 1. The molecule has 3 aromatic rings. The fourth-order valence-corrected chi connectivity index (χ4v) is 4.00. The van der Waals surface area contributed by atoms with E-state index >= 15 is 0 Å². The van der Waals surface area contributed by atoms with Crippen molar-refractivity contribution in [3.8, 4) is 17.0 Å². The molecule has 0 spiro atoms.